The number of rotatable bonds is 3. The van der Waals surface area contributed by atoms with Crippen LogP contribution in [0.1, 0.15) is 15.9 Å². The minimum absolute atomic E-state index is 0.118. The molecule has 0 unspecified atom stereocenters. The molecule has 2 rings (SSSR count). The van der Waals surface area contributed by atoms with Crippen molar-refractivity contribution in [3.8, 4) is 5.75 Å². The van der Waals surface area contributed by atoms with Crippen LogP contribution in [0.15, 0.2) is 42.7 Å². The van der Waals surface area contributed by atoms with Crippen molar-refractivity contribution in [3.05, 3.63) is 53.9 Å². The molecule has 1 aromatic carbocycles. The molecule has 4 nitrogen and oxygen atoms in total. The van der Waals surface area contributed by atoms with E-state index in [1.807, 2.05) is 6.07 Å². The van der Waals surface area contributed by atoms with Crippen LogP contribution in [0, 0.1) is 0 Å². The lowest BCUT2D eigenvalue weighted by Gasteiger charge is -2.06. The van der Waals surface area contributed by atoms with Crippen LogP contribution in [0.4, 0.5) is 0 Å². The zero-order valence-electron chi connectivity index (χ0n) is 8.75. The van der Waals surface area contributed by atoms with Gasteiger partial charge in [0.1, 0.15) is 5.75 Å². The molecule has 0 aliphatic rings. The number of hydrogen-bond donors (Lipinski definition) is 0. The maximum atomic E-state index is 12.1. The van der Waals surface area contributed by atoms with Crippen LogP contribution in [0.5, 0.6) is 5.75 Å². The monoisotopic (exact) mass is 214 g/mol. The molecule has 0 saturated carbocycles. The molecule has 0 spiro atoms. The summed E-state index contributed by atoms with van der Waals surface area (Å²) in [5.41, 5.74) is 1.03. The number of nitrogens with zero attached hydrogens (tertiary/aromatic N) is 2. The Morgan fingerprint density at radius 3 is 2.69 bits per heavy atom. The molecule has 80 valence electrons. The van der Waals surface area contributed by atoms with Crippen LogP contribution in [-0.2, 0) is 0 Å². The lowest BCUT2D eigenvalue weighted by molar-refractivity contribution is 0.103. The number of ether oxygens (including phenoxy) is 1. The number of carbonyl (C=O) groups excluding carboxylic acids is 1. The quantitative estimate of drug-likeness (QED) is 0.730. The van der Waals surface area contributed by atoms with Gasteiger partial charge in [-0.25, -0.2) is 0 Å². The number of para-hydroxylation sites is 1. The highest BCUT2D eigenvalue weighted by Crippen LogP contribution is 2.20. The summed E-state index contributed by atoms with van der Waals surface area (Å²) in [4.78, 5) is 12.1. The summed E-state index contributed by atoms with van der Waals surface area (Å²) in [6.45, 7) is 0. The van der Waals surface area contributed by atoms with Gasteiger partial charge in [0.2, 0.25) is 0 Å². The fourth-order valence-electron chi connectivity index (χ4n) is 1.41. The van der Waals surface area contributed by atoms with Crippen LogP contribution >= 0.6 is 0 Å². The highest BCUT2D eigenvalue weighted by atomic mass is 16.5. The van der Waals surface area contributed by atoms with E-state index in [0.717, 1.165) is 0 Å². The number of ketones is 1. The third kappa shape index (κ3) is 1.91. The van der Waals surface area contributed by atoms with E-state index in [1.165, 1.54) is 19.5 Å². The summed E-state index contributed by atoms with van der Waals surface area (Å²) in [5, 5.41) is 7.31. The lowest BCUT2D eigenvalue weighted by atomic mass is 10.0. The first kappa shape index (κ1) is 10.3. The van der Waals surface area contributed by atoms with Crippen molar-refractivity contribution in [1.82, 2.24) is 10.2 Å². The number of aromatic nitrogens is 2. The van der Waals surface area contributed by atoms with Crippen molar-refractivity contribution in [3.63, 3.8) is 0 Å². The number of carbonyl (C=O) groups is 1. The van der Waals surface area contributed by atoms with Gasteiger partial charge in [-0.1, -0.05) is 12.1 Å². The number of benzene rings is 1. The largest absolute Gasteiger partial charge is 0.496 e. The van der Waals surface area contributed by atoms with E-state index in [2.05, 4.69) is 10.2 Å². The van der Waals surface area contributed by atoms with E-state index in [9.17, 15) is 4.79 Å². The molecule has 2 aromatic rings. The molecule has 0 aliphatic carbocycles. The predicted molar refractivity (Wildman–Crippen MR) is 58.5 cm³/mol. The van der Waals surface area contributed by atoms with E-state index in [-0.39, 0.29) is 5.78 Å². The summed E-state index contributed by atoms with van der Waals surface area (Å²) in [6, 6.07) is 8.72. The van der Waals surface area contributed by atoms with Crippen molar-refractivity contribution in [2.45, 2.75) is 0 Å². The van der Waals surface area contributed by atoms with Crippen LogP contribution < -0.4 is 4.74 Å². The van der Waals surface area contributed by atoms with Gasteiger partial charge in [-0.15, -0.1) is 0 Å². The lowest BCUT2D eigenvalue weighted by Crippen LogP contribution is -2.04. The first-order valence-corrected chi connectivity index (χ1v) is 4.77. The van der Waals surface area contributed by atoms with Gasteiger partial charge in [-0.05, 0) is 18.2 Å². The summed E-state index contributed by atoms with van der Waals surface area (Å²) >= 11 is 0. The topological polar surface area (TPSA) is 52.1 Å². The number of hydrogen-bond acceptors (Lipinski definition) is 4. The first-order valence-electron chi connectivity index (χ1n) is 4.77. The van der Waals surface area contributed by atoms with Gasteiger partial charge in [0.15, 0.2) is 5.78 Å². The van der Waals surface area contributed by atoms with Crippen molar-refractivity contribution < 1.29 is 9.53 Å². The standard InChI is InChI=1S/C12H10N2O2/c1-16-11-5-3-2-4-10(11)12(15)9-6-7-13-14-8-9/h2-8H,1H3. The zero-order valence-corrected chi connectivity index (χ0v) is 8.75. The minimum Gasteiger partial charge on any atom is -0.496 e. The van der Waals surface area contributed by atoms with Gasteiger partial charge >= 0.3 is 0 Å². The van der Waals surface area contributed by atoms with Crippen LogP contribution in [0.25, 0.3) is 0 Å². The Bertz CT molecular complexity index is 497. The number of methoxy groups -OCH3 is 1. The molecular weight excluding hydrogens is 204 g/mol. The summed E-state index contributed by atoms with van der Waals surface area (Å²) in [6.07, 6.45) is 2.93. The maximum Gasteiger partial charge on any atom is 0.198 e. The van der Waals surface area contributed by atoms with E-state index >= 15 is 0 Å². The molecule has 0 N–H and O–H groups in total. The molecule has 4 heteroatoms. The third-order valence-corrected chi connectivity index (χ3v) is 2.20. The molecule has 16 heavy (non-hydrogen) atoms. The van der Waals surface area contributed by atoms with Crippen molar-refractivity contribution in [2.75, 3.05) is 7.11 Å². The second-order valence-corrected chi connectivity index (χ2v) is 3.16. The third-order valence-electron chi connectivity index (χ3n) is 2.20. The van der Waals surface area contributed by atoms with Crippen molar-refractivity contribution in [1.29, 1.82) is 0 Å². The molecule has 0 atom stereocenters. The highest BCUT2D eigenvalue weighted by molar-refractivity contribution is 6.10. The van der Waals surface area contributed by atoms with Crippen LogP contribution in [0.2, 0.25) is 0 Å². The van der Waals surface area contributed by atoms with E-state index < -0.39 is 0 Å². The molecule has 0 radical (unpaired) electrons. The normalized spacial score (nSPS) is 9.81. The summed E-state index contributed by atoms with van der Waals surface area (Å²) < 4.78 is 5.13. The van der Waals surface area contributed by atoms with Gasteiger partial charge in [-0.2, -0.15) is 10.2 Å². The van der Waals surface area contributed by atoms with Gasteiger partial charge < -0.3 is 4.74 Å². The van der Waals surface area contributed by atoms with E-state index in [1.54, 1.807) is 24.3 Å². The predicted octanol–water partition coefficient (Wildman–Crippen LogP) is 1.72. The molecule has 0 bridgehead atoms. The van der Waals surface area contributed by atoms with Crippen molar-refractivity contribution in [2.24, 2.45) is 0 Å². The molecule has 0 aliphatic heterocycles. The van der Waals surface area contributed by atoms with Crippen LogP contribution in [0.3, 0.4) is 0 Å². The van der Waals surface area contributed by atoms with Gasteiger partial charge in [-0.3, -0.25) is 4.79 Å². The van der Waals surface area contributed by atoms with Gasteiger partial charge in [0.05, 0.1) is 25.1 Å². The molecule has 0 amide bonds. The average Bonchev–Trinajstić information content (AvgIpc) is 2.39. The highest BCUT2D eigenvalue weighted by Gasteiger charge is 2.13. The minimum atomic E-state index is -0.118. The zero-order chi connectivity index (χ0) is 11.4. The summed E-state index contributed by atoms with van der Waals surface area (Å²) in [7, 11) is 1.54. The van der Waals surface area contributed by atoms with Crippen molar-refractivity contribution >= 4 is 5.78 Å². The molecular formula is C12H10N2O2. The maximum absolute atomic E-state index is 12.1. The fraction of sp³-hybridized carbons (Fsp3) is 0.0833. The van der Waals surface area contributed by atoms with Gasteiger partial charge in [0.25, 0.3) is 0 Å². The Labute approximate surface area is 92.9 Å². The fourth-order valence-corrected chi connectivity index (χ4v) is 1.41. The Morgan fingerprint density at radius 1 is 1.19 bits per heavy atom. The molecule has 1 heterocycles. The average molecular weight is 214 g/mol. The second kappa shape index (κ2) is 4.53. The molecule has 1 aromatic heterocycles. The Hall–Kier alpha value is -2.23. The van der Waals surface area contributed by atoms with Crippen LogP contribution in [-0.4, -0.2) is 23.1 Å². The Balaban J connectivity index is 2.42. The Morgan fingerprint density at radius 2 is 2.00 bits per heavy atom. The molecule has 0 saturated heterocycles. The Kier molecular flexibility index (Phi) is 2.91. The molecule has 0 fully saturated rings. The SMILES string of the molecule is COc1ccccc1C(=O)c1ccnnc1. The smallest absolute Gasteiger partial charge is 0.198 e. The first-order chi connectivity index (χ1) is 7.83. The van der Waals surface area contributed by atoms with E-state index in [4.69, 9.17) is 4.74 Å². The van der Waals surface area contributed by atoms with Gasteiger partial charge in [0, 0.05) is 5.56 Å². The summed E-state index contributed by atoms with van der Waals surface area (Å²) in [5.74, 6) is 0.441. The second-order valence-electron chi connectivity index (χ2n) is 3.16. The van der Waals surface area contributed by atoms with E-state index in [0.29, 0.717) is 16.9 Å².